The van der Waals surface area contributed by atoms with Gasteiger partial charge in [-0.05, 0) is 55.6 Å². The molecular weight excluding hydrogens is 376 g/mol. The molecule has 1 atom stereocenters. The molecule has 156 valence electrons. The summed E-state index contributed by atoms with van der Waals surface area (Å²) in [5.41, 5.74) is 4.48. The number of hydrogen-bond acceptors (Lipinski definition) is 6. The van der Waals surface area contributed by atoms with Crippen LogP contribution < -0.4 is 4.74 Å². The number of benzene rings is 1. The van der Waals surface area contributed by atoms with Gasteiger partial charge in [-0.25, -0.2) is 4.98 Å². The molecule has 2 aliphatic heterocycles. The summed E-state index contributed by atoms with van der Waals surface area (Å²) in [7, 11) is 1.72. The lowest BCUT2D eigenvalue weighted by Gasteiger charge is -2.37. The normalized spacial score (nSPS) is 19.7. The van der Waals surface area contributed by atoms with E-state index in [1.54, 1.807) is 19.8 Å². The van der Waals surface area contributed by atoms with E-state index < -0.39 is 0 Å². The Balaban J connectivity index is 1.48. The van der Waals surface area contributed by atoms with Gasteiger partial charge in [-0.3, -0.25) is 14.4 Å². The van der Waals surface area contributed by atoms with Crippen molar-refractivity contribution in [2.45, 2.75) is 32.4 Å². The molecule has 0 saturated carbocycles. The average Bonchev–Trinajstić information content (AvgIpc) is 3.45. The first-order valence-corrected chi connectivity index (χ1v) is 10.7. The van der Waals surface area contributed by atoms with Gasteiger partial charge in [0.15, 0.2) is 0 Å². The van der Waals surface area contributed by atoms with Gasteiger partial charge in [0.2, 0.25) is 0 Å². The second kappa shape index (κ2) is 8.16. The Kier molecular flexibility index (Phi) is 5.23. The number of rotatable bonds is 5. The van der Waals surface area contributed by atoms with Crippen LogP contribution >= 0.6 is 0 Å². The van der Waals surface area contributed by atoms with Crippen molar-refractivity contribution < 1.29 is 4.74 Å². The SMILES string of the molecule is COc1ccc(CN2CCN3CCCC3C2)cc1-c1cc(C)cnc1-n1cnnc1. The summed E-state index contributed by atoms with van der Waals surface area (Å²) < 4.78 is 7.57. The van der Waals surface area contributed by atoms with Crippen LogP contribution in [0, 0.1) is 6.92 Å². The van der Waals surface area contributed by atoms with Crippen molar-refractivity contribution in [2.75, 3.05) is 33.3 Å². The lowest BCUT2D eigenvalue weighted by atomic mass is 10.0. The Hall–Kier alpha value is -2.77. The Labute approximate surface area is 177 Å². The Morgan fingerprint density at radius 2 is 1.93 bits per heavy atom. The standard InChI is InChI=1S/C23H28N6O/c1-17-10-21(23(24-12-17)29-15-25-26-16-29)20-11-18(5-6-22(20)30-2)13-27-8-9-28-7-3-4-19(28)14-27/h5-6,10-12,15-16,19H,3-4,7-9,13-14H2,1-2H3. The zero-order chi connectivity index (χ0) is 20.5. The molecule has 1 unspecified atom stereocenters. The molecule has 0 spiro atoms. The molecule has 7 heteroatoms. The van der Waals surface area contributed by atoms with Crippen molar-refractivity contribution in [3.8, 4) is 22.7 Å². The molecule has 4 heterocycles. The smallest absolute Gasteiger partial charge is 0.147 e. The fourth-order valence-corrected chi connectivity index (χ4v) is 4.80. The summed E-state index contributed by atoms with van der Waals surface area (Å²) in [5.74, 6) is 1.65. The average molecular weight is 405 g/mol. The third kappa shape index (κ3) is 3.70. The van der Waals surface area contributed by atoms with Crippen LogP contribution in [-0.4, -0.2) is 68.9 Å². The maximum atomic E-state index is 5.73. The maximum absolute atomic E-state index is 5.73. The number of pyridine rings is 1. The van der Waals surface area contributed by atoms with Gasteiger partial charge in [-0.15, -0.1) is 10.2 Å². The van der Waals surface area contributed by atoms with Crippen molar-refractivity contribution in [3.63, 3.8) is 0 Å². The fourth-order valence-electron chi connectivity index (χ4n) is 4.80. The molecule has 30 heavy (non-hydrogen) atoms. The summed E-state index contributed by atoms with van der Waals surface area (Å²) >= 11 is 0. The number of hydrogen-bond donors (Lipinski definition) is 0. The van der Waals surface area contributed by atoms with Gasteiger partial charge in [0.1, 0.15) is 24.2 Å². The molecule has 7 nitrogen and oxygen atoms in total. The molecule has 2 aromatic heterocycles. The number of aryl methyl sites for hydroxylation is 1. The van der Waals surface area contributed by atoms with Crippen LogP contribution in [0.3, 0.4) is 0 Å². The van der Waals surface area contributed by atoms with E-state index in [0.29, 0.717) is 0 Å². The molecule has 2 aliphatic rings. The van der Waals surface area contributed by atoms with E-state index in [2.05, 4.69) is 56.2 Å². The Morgan fingerprint density at radius 3 is 2.77 bits per heavy atom. The first-order valence-electron chi connectivity index (χ1n) is 10.7. The highest BCUT2D eigenvalue weighted by Gasteiger charge is 2.30. The highest BCUT2D eigenvalue weighted by atomic mass is 16.5. The maximum Gasteiger partial charge on any atom is 0.147 e. The van der Waals surface area contributed by atoms with Crippen molar-refractivity contribution >= 4 is 0 Å². The quantitative estimate of drug-likeness (QED) is 0.652. The summed E-state index contributed by atoms with van der Waals surface area (Å²) in [6.45, 7) is 7.78. The summed E-state index contributed by atoms with van der Waals surface area (Å²) in [6.07, 6.45) is 7.91. The van der Waals surface area contributed by atoms with Crippen LogP contribution in [0.25, 0.3) is 16.9 Å². The first-order chi connectivity index (χ1) is 14.7. The van der Waals surface area contributed by atoms with Crippen LogP contribution in [0.2, 0.25) is 0 Å². The van der Waals surface area contributed by atoms with Gasteiger partial charge < -0.3 is 4.74 Å². The molecule has 2 fully saturated rings. The minimum absolute atomic E-state index is 0.734. The van der Waals surface area contributed by atoms with Crippen molar-refractivity contribution in [2.24, 2.45) is 0 Å². The zero-order valence-corrected chi connectivity index (χ0v) is 17.7. The van der Waals surface area contributed by atoms with Gasteiger partial charge >= 0.3 is 0 Å². The van der Waals surface area contributed by atoms with Crippen LogP contribution in [0.5, 0.6) is 5.75 Å². The van der Waals surface area contributed by atoms with Crippen molar-refractivity contribution in [3.05, 3.63) is 54.2 Å². The van der Waals surface area contributed by atoms with Gasteiger partial charge in [0.25, 0.3) is 0 Å². The monoisotopic (exact) mass is 404 g/mol. The first kappa shape index (κ1) is 19.2. The van der Waals surface area contributed by atoms with E-state index in [1.165, 1.54) is 38.0 Å². The van der Waals surface area contributed by atoms with E-state index in [1.807, 2.05) is 10.8 Å². The predicted octanol–water partition coefficient (Wildman–Crippen LogP) is 2.93. The van der Waals surface area contributed by atoms with Crippen LogP contribution in [0.1, 0.15) is 24.0 Å². The number of nitrogens with zero attached hydrogens (tertiary/aromatic N) is 6. The fraction of sp³-hybridized carbons (Fsp3) is 0.435. The molecule has 2 saturated heterocycles. The number of piperazine rings is 1. The molecule has 3 aromatic rings. The van der Waals surface area contributed by atoms with E-state index in [4.69, 9.17) is 4.74 Å². The highest BCUT2D eigenvalue weighted by molar-refractivity contribution is 5.77. The predicted molar refractivity (Wildman–Crippen MR) is 116 cm³/mol. The van der Waals surface area contributed by atoms with E-state index in [0.717, 1.165) is 47.4 Å². The number of methoxy groups -OCH3 is 1. The molecule has 5 rings (SSSR count). The zero-order valence-electron chi connectivity index (χ0n) is 17.7. The number of ether oxygens (including phenoxy) is 1. The summed E-state index contributed by atoms with van der Waals surface area (Å²) in [5, 5.41) is 7.90. The molecule has 0 N–H and O–H groups in total. The lowest BCUT2D eigenvalue weighted by Crippen LogP contribution is -2.49. The topological polar surface area (TPSA) is 59.3 Å². The van der Waals surface area contributed by atoms with Crippen LogP contribution in [-0.2, 0) is 6.54 Å². The van der Waals surface area contributed by atoms with E-state index in [9.17, 15) is 0 Å². The number of aromatic nitrogens is 4. The summed E-state index contributed by atoms with van der Waals surface area (Å²) in [6, 6.07) is 9.41. The van der Waals surface area contributed by atoms with Gasteiger partial charge in [-0.2, -0.15) is 0 Å². The highest BCUT2D eigenvalue weighted by Crippen LogP contribution is 2.35. The third-order valence-corrected chi connectivity index (χ3v) is 6.30. The molecular formula is C23H28N6O. The molecule has 0 bridgehead atoms. The Morgan fingerprint density at radius 1 is 1.07 bits per heavy atom. The largest absolute Gasteiger partial charge is 0.496 e. The minimum atomic E-state index is 0.734. The van der Waals surface area contributed by atoms with Gasteiger partial charge in [0, 0.05) is 49.5 Å². The van der Waals surface area contributed by atoms with Crippen molar-refractivity contribution in [1.29, 1.82) is 0 Å². The van der Waals surface area contributed by atoms with Gasteiger partial charge in [-0.1, -0.05) is 6.07 Å². The van der Waals surface area contributed by atoms with E-state index in [-0.39, 0.29) is 0 Å². The lowest BCUT2D eigenvalue weighted by molar-refractivity contribution is 0.0994. The molecule has 0 radical (unpaired) electrons. The van der Waals surface area contributed by atoms with Crippen LogP contribution in [0.15, 0.2) is 43.1 Å². The molecule has 0 amide bonds. The summed E-state index contributed by atoms with van der Waals surface area (Å²) in [4.78, 5) is 9.91. The third-order valence-electron chi connectivity index (χ3n) is 6.30. The van der Waals surface area contributed by atoms with Crippen molar-refractivity contribution in [1.82, 2.24) is 29.5 Å². The second-order valence-corrected chi connectivity index (χ2v) is 8.35. The number of fused-ring (bicyclic) bond motifs is 1. The van der Waals surface area contributed by atoms with Gasteiger partial charge in [0.05, 0.1) is 7.11 Å². The molecule has 1 aromatic carbocycles. The Bertz CT molecular complexity index is 1020. The van der Waals surface area contributed by atoms with E-state index >= 15 is 0 Å². The second-order valence-electron chi connectivity index (χ2n) is 8.35. The molecule has 0 aliphatic carbocycles. The van der Waals surface area contributed by atoms with Crippen LogP contribution in [0.4, 0.5) is 0 Å². The minimum Gasteiger partial charge on any atom is -0.496 e.